The van der Waals surface area contributed by atoms with Gasteiger partial charge in [-0.25, -0.2) is 0 Å². The van der Waals surface area contributed by atoms with Gasteiger partial charge in [0, 0.05) is 12.1 Å². The van der Waals surface area contributed by atoms with Gasteiger partial charge < -0.3 is 23.5 Å². The van der Waals surface area contributed by atoms with Gasteiger partial charge in [0.1, 0.15) is 5.76 Å². The number of hydrogen-bond acceptors (Lipinski definition) is 6. The Morgan fingerprint density at radius 2 is 2.04 bits per heavy atom. The van der Waals surface area contributed by atoms with Crippen molar-refractivity contribution in [2.45, 2.75) is 13.5 Å². The second-order valence-corrected chi connectivity index (χ2v) is 5.76. The van der Waals surface area contributed by atoms with Crippen LogP contribution in [0, 0.1) is 5.92 Å². The molecule has 1 aromatic heterocycles. The van der Waals surface area contributed by atoms with E-state index in [1.165, 1.54) is 7.11 Å². The summed E-state index contributed by atoms with van der Waals surface area (Å²) in [6, 6.07) is 8.55. The molecule has 1 aliphatic heterocycles. The molecule has 0 spiro atoms. The third-order valence-electron chi connectivity index (χ3n) is 3.93. The second kappa shape index (κ2) is 7.29. The summed E-state index contributed by atoms with van der Waals surface area (Å²) in [4.78, 5) is 26.2. The van der Waals surface area contributed by atoms with Crippen LogP contribution in [0.3, 0.4) is 0 Å². The number of carbonyl (C=O) groups excluding carboxylic acids is 2. The lowest BCUT2D eigenvalue weighted by Crippen LogP contribution is -2.36. The van der Waals surface area contributed by atoms with Gasteiger partial charge in [-0.1, -0.05) is 6.92 Å². The summed E-state index contributed by atoms with van der Waals surface area (Å²) in [5.41, 5.74) is 0.452. The van der Waals surface area contributed by atoms with E-state index in [9.17, 15) is 9.59 Å². The second-order valence-electron chi connectivity index (χ2n) is 5.76. The highest BCUT2D eigenvalue weighted by atomic mass is 16.7. The monoisotopic (exact) mass is 345 g/mol. The van der Waals surface area contributed by atoms with Crippen molar-refractivity contribution < 1.29 is 28.2 Å². The first-order valence-corrected chi connectivity index (χ1v) is 7.87. The number of ether oxygens (including phenoxy) is 3. The number of rotatable bonds is 6. The number of furan rings is 1. The van der Waals surface area contributed by atoms with Gasteiger partial charge in [-0.15, -0.1) is 0 Å². The predicted molar refractivity (Wildman–Crippen MR) is 87.2 cm³/mol. The third-order valence-corrected chi connectivity index (χ3v) is 3.93. The highest BCUT2D eigenvalue weighted by Gasteiger charge is 2.25. The molecular formula is C18H19NO6. The van der Waals surface area contributed by atoms with E-state index < -0.39 is 5.92 Å². The first-order valence-electron chi connectivity index (χ1n) is 7.87. The van der Waals surface area contributed by atoms with Crippen LogP contribution in [0.4, 0.5) is 0 Å². The van der Waals surface area contributed by atoms with Crippen molar-refractivity contribution in [1.29, 1.82) is 0 Å². The summed E-state index contributed by atoms with van der Waals surface area (Å²) in [7, 11) is 1.33. The zero-order valence-electron chi connectivity index (χ0n) is 14.1. The Morgan fingerprint density at radius 1 is 1.24 bits per heavy atom. The third kappa shape index (κ3) is 3.76. The van der Waals surface area contributed by atoms with Crippen LogP contribution in [-0.2, 0) is 16.1 Å². The number of fused-ring (bicyclic) bond motifs is 1. The lowest BCUT2D eigenvalue weighted by molar-refractivity contribution is -0.145. The Kier molecular flexibility index (Phi) is 4.92. The largest absolute Gasteiger partial charge is 0.469 e. The molecule has 1 amide bonds. The van der Waals surface area contributed by atoms with E-state index >= 15 is 0 Å². The molecule has 0 fully saturated rings. The van der Waals surface area contributed by atoms with E-state index in [1.807, 2.05) is 0 Å². The number of amides is 1. The zero-order chi connectivity index (χ0) is 17.8. The number of benzene rings is 1. The first-order chi connectivity index (χ1) is 12.1. The Hall–Kier alpha value is -2.96. The molecule has 25 heavy (non-hydrogen) atoms. The predicted octanol–water partition coefficient (Wildman–Crippen LogP) is 2.46. The van der Waals surface area contributed by atoms with E-state index in [0.717, 1.165) is 0 Å². The van der Waals surface area contributed by atoms with Crippen LogP contribution in [0.2, 0.25) is 0 Å². The average Bonchev–Trinajstić information content (AvgIpc) is 3.30. The van der Waals surface area contributed by atoms with E-state index in [1.54, 1.807) is 48.4 Å². The van der Waals surface area contributed by atoms with Gasteiger partial charge in [0.2, 0.25) is 6.79 Å². The maximum absolute atomic E-state index is 13.0. The van der Waals surface area contributed by atoms with E-state index in [2.05, 4.69) is 0 Å². The molecule has 0 saturated heterocycles. The van der Waals surface area contributed by atoms with Crippen molar-refractivity contribution in [3.63, 3.8) is 0 Å². The van der Waals surface area contributed by atoms with Crippen LogP contribution in [0.15, 0.2) is 41.0 Å². The van der Waals surface area contributed by atoms with Gasteiger partial charge in [-0.3, -0.25) is 9.59 Å². The Balaban J connectivity index is 1.82. The standard InChI is InChI=1S/C18H19NO6/c1-12(18(21)22-2)9-19(10-14-4-3-7-23-14)17(20)13-5-6-15-16(8-13)25-11-24-15/h3-8,12H,9-11H2,1-2H3. The molecule has 1 atom stereocenters. The summed E-state index contributed by atoms with van der Waals surface area (Å²) in [5, 5.41) is 0. The smallest absolute Gasteiger partial charge is 0.310 e. The number of esters is 1. The van der Waals surface area contributed by atoms with Gasteiger partial charge in [0.25, 0.3) is 5.91 Å². The molecule has 0 N–H and O–H groups in total. The van der Waals surface area contributed by atoms with E-state index in [0.29, 0.717) is 22.8 Å². The van der Waals surface area contributed by atoms with Crippen LogP contribution in [-0.4, -0.2) is 37.2 Å². The van der Waals surface area contributed by atoms with Crippen molar-refractivity contribution in [2.24, 2.45) is 5.92 Å². The Labute approximate surface area is 145 Å². The van der Waals surface area contributed by atoms with Crippen LogP contribution in [0.5, 0.6) is 11.5 Å². The maximum atomic E-state index is 13.0. The van der Waals surface area contributed by atoms with Crippen molar-refractivity contribution in [2.75, 3.05) is 20.4 Å². The van der Waals surface area contributed by atoms with Crippen LogP contribution in [0.25, 0.3) is 0 Å². The molecule has 2 heterocycles. The fourth-order valence-corrected chi connectivity index (χ4v) is 2.63. The molecule has 0 saturated carbocycles. The van der Waals surface area contributed by atoms with Crippen LogP contribution < -0.4 is 9.47 Å². The molecule has 3 rings (SSSR count). The number of hydrogen-bond donors (Lipinski definition) is 0. The normalized spacial score (nSPS) is 13.4. The minimum absolute atomic E-state index is 0.141. The molecule has 0 aliphatic carbocycles. The lowest BCUT2D eigenvalue weighted by Gasteiger charge is -2.24. The summed E-state index contributed by atoms with van der Waals surface area (Å²) in [5.74, 6) is 0.708. The van der Waals surface area contributed by atoms with Gasteiger partial charge in [0.05, 0.1) is 25.8 Å². The van der Waals surface area contributed by atoms with E-state index in [4.69, 9.17) is 18.6 Å². The molecule has 0 bridgehead atoms. The van der Waals surface area contributed by atoms with Gasteiger partial charge in [-0.2, -0.15) is 0 Å². The molecule has 0 radical (unpaired) electrons. The fraction of sp³-hybridized carbons (Fsp3) is 0.333. The SMILES string of the molecule is COC(=O)C(C)CN(Cc1ccco1)C(=O)c1ccc2c(c1)OCO2. The number of carbonyl (C=O) groups is 2. The maximum Gasteiger partial charge on any atom is 0.310 e. The van der Waals surface area contributed by atoms with Crippen LogP contribution in [0.1, 0.15) is 23.0 Å². The van der Waals surface area contributed by atoms with Crippen LogP contribution >= 0.6 is 0 Å². The van der Waals surface area contributed by atoms with Gasteiger partial charge >= 0.3 is 5.97 Å². The van der Waals surface area contributed by atoms with Crippen molar-refractivity contribution in [3.05, 3.63) is 47.9 Å². The topological polar surface area (TPSA) is 78.2 Å². The molecule has 1 aliphatic rings. The quantitative estimate of drug-likeness (QED) is 0.749. The molecule has 132 valence electrons. The molecule has 7 nitrogen and oxygen atoms in total. The fourth-order valence-electron chi connectivity index (χ4n) is 2.63. The van der Waals surface area contributed by atoms with Gasteiger partial charge in [-0.05, 0) is 30.3 Å². The molecular weight excluding hydrogens is 326 g/mol. The molecule has 7 heteroatoms. The molecule has 1 unspecified atom stereocenters. The first kappa shape index (κ1) is 16.9. The Bertz CT molecular complexity index is 755. The van der Waals surface area contributed by atoms with Crippen molar-refractivity contribution in [3.8, 4) is 11.5 Å². The highest BCUT2D eigenvalue weighted by Crippen LogP contribution is 2.33. The summed E-state index contributed by atoms with van der Waals surface area (Å²) < 4.78 is 20.7. The van der Waals surface area contributed by atoms with Gasteiger partial charge in [0.15, 0.2) is 11.5 Å². The van der Waals surface area contributed by atoms with E-state index in [-0.39, 0.29) is 31.8 Å². The number of methoxy groups -OCH3 is 1. The minimum atomic E-state index is -0.460. The average molecular weight is 345 g/mol. The summed E-state index contributed by atoms with van der Waals surface area (Å²) >= 11 is 0. The molecule has 1 aromatic carbocycles. The summed E-state index contributed by atoms with van der Waals surface area (Å²) in [6.45, 7) is 2.32. The lowest BCUT2D eigenvalue weighted by atomic mass is 10.1. The highest BCUT2D eigenvalue weighted by molar-refractivity contribution is 5.95. The van der Waals surface area contributed by atoms with Crippen molar-refractivity contribution in [1.82, 2.24) is 4.90 Å². The zero-order valence-corrected chi connectivity index (χ0v) is 14.1. The molecule has 2 aromatic rings. The minimum Gasteiger partial charge on any atom is -0.469 e. The number of nitrogens with zero attached hydrogens (tertiary/aromatic N) is 1. The Morgan fingerprint density at radius 3 is 2.76 bits per heavy atom. The van der Waals surface area contributed by atoms with Crippen molar-refractivity contribution >= 4 is 11.9 Å². The summed E-state index contributed by atoms with van der Waals surface area (Å²) in [6.07, 6.45) is 1.54.